The topological polar surface area (TPSA) is 66.5 Å². The lowest BCUT2D eigenvalue weighted by Crippen LogP contribution is -2.40. The average Bonchev–Trinajstić information content (AvgIpc) is 2.49. The van der Waals surface area contributed by atoms with Crippen LogP contribution in [0.1, 0.15) is 13.8 Å². The van der Waals surface area contributed by atoms with Crippen molar-refractivity contribution < 1.29 is 13.2 Å². The number of nitrogens with one attached hydrogen (secondary N) is 1. The van der Waals surface area contributed by atoms with Crippen LogP contribution in [0.4, 0.5) is 5.69 Å². The summed E-state index contributed by atoms with van der Waals surface area (Å²) in [6, 6.07) is 1.06. The zero-order chi connectivity index (χ0) is 18.7. The molecule has 10 heteroatoms. The van der Waals surface area contributed by atoms with Crippen LogP contribution < -0.4 is 5.32 Å². The Morgan fingerprint density at radius 3 is 2.17 bits per heavy atom. The van der Waals surface area contributed by atoms with Gasteiger partial charge in [-0.2, -0.15) is 0 Å². The molecule has 0 aromatic heterocycles. The largest absolute Gasteiger partial charge is 0.322 e. The number of nitrogens with zero attached hydrogens (tertiary/aromatic N) is 1. The van der Waals surface area contributed by atoms with Gasteiger partial charge in [0.25, 0.3) is 0 Å². The van der Waals surface area contributed by atoms with Crippen molar-refractivity contribution in [1.29, 1.82) is 0 Å². The van der Waals surface area contributed by atoms with Crippen molar-refractivity contribution >= 4 is 67.8 Å². The first kappa shape index (κ1) is 21.8. The Labute approximate surface area is 162 Å². The number of hydrogen-bond acceptors (Lipinski definition) is 4. The quantitative estimate of drug-likeness (QED) is 0.657. The Kier molecular flexibility index (Phi) is 8.10. The zero-order valence-corrected chi connectivity index (χ0v) is 17.2. The van der Waals surface area contributed by atoms with Gasteiger partial charge in [0.1, 0.15) is 0 Å². The Hall–Kier alpha value is -0.240. The van der Waals surface area contributed by atoms with E-state index in [0.717, 1.165) is 0 Å². The van der Waals surface area contributed by atoms with Gasteiger partial charge < -0.3 is 5.32 Å². The second-order valence-corrected chi connectivity index (χ2v) is 9.32. The Morgan fingerprint density at radius 1 is 1.21 bits per heavy atom. The van der Waals surface area contributed by atoms with E-state index in [9.17, 15) is 13.2 Å². The summed E-state index contributed by atoms with van der Waals surface area (Å²) < 4.78 is 23.3. The zero-order valence-electron chi connectivity index (χ0n) is 13.4. The third kappa shape index (κ3) is 5.93. The van der Waals surface area contributed by atoms with E-state index in [-0.39, 0.29) is 49.9 Å². The number of carbonyl (C=O) groups excluding carboxylic acids is 1. The first-order valence-corrected chi connectivity index (χ1v) is 10.3. The number of likely N-dealkylation sites (N-methyl/N-ethyl adjacent to an activating group) is 1. The molecule has 1 atom stereocenters. The van der Waals surface area contributed by atoms with Gasteiger partial charge in [0.05, 0.1) is 38.1 Å². The highest BCUT2D eigenvalue weighted by atomic mass is 35.5. The van der Waals surface area contributed by atoms with Crippen LogP contribution in [0.3, 0.4) is 0 Å². The molecule has 0 saturated carbocycles. The fourth-order valence-corrected chi connectivity index (χ4v) is 3.99. The predicted molar refractivity (Wildman–Crippen MR) is 102 cm³/mol. The van der Waals surface area contributed by atoms with Crippen LogP contribution >= 0.6 is 46.4 Å². The maximum absolute atomic E-state index is 12.2. The maximum Gasteiger partial charge on any atom is 0.238 e. The number of halogens is 4. The summed E-state index contributed by atoms with van der Waals surface area (Å²) in [7, 11) is -1.48. The van der Waals surface area contributed by atoms with E-state index in [4.69, 9.17) is 46.4 Å². The van der Waals surface area contributed by atoms with Crippen LogP contribution in [0, 0.1) is 0 Å². The van der Waals surface area contributed by atoms with Gasteiger partial charge in [0.15, 0.2) is 9.84 Å². The van der Waals surface area contributed by atoms with E-state index in [1.807, 2.05) is 0 Å². The summed E-state index contributed by atoms with van der Waals surface area (Å²) in [5.74, 6) is -0.387. The highest BCUT2D eigenvalue weighted by Crippen LogP contribution is 2.40. The molecule has 1 unspecified atom stereocenters. The number of benzene rings is 1. The molecule has 1 aromatic carbocycles. The van der Waals surface area contributed by atoms with E-state index in [2.05, 4.69) is 5.32 Å². The Balaban J connectivity index is 2.80. The highest BCUT2D eigenvalue weighted by Gasteiger charge is 2.21. The molecule has 1 rings (SSSR count). The molecule has 0 aliphatic carbocycles. The van der Waals surface area contributed by atoms with Crippen molar-refractivity contribution in [2.45, 2.75) is 19.9 Å². The molecular weight excluding hydrogens is 418 g/mol. The summed E-state index contributed by atoms with van der Waals surface area (Å²) >= 11 is 23.9. The second-order valence-electron chi connectivity index (χ2n) is 5.35. The molecule has 0 fully saturated rings. The van der Waals surface area contributed by atoms with Crippen molar-refractivity contribution in [1.82, 2.24) is 4.90 Å². The number of rotatable bonds is 7. The minimum absolute atomic E-state index is 0.0300. The molecular formula is C14H18Cl4N2O3S. The van der Waals surface area contributed by atoms with Crippen LogP contribution in [0.2, 0.25) is 20.1 Å². The van der Waals surface area contributed by atoms with Gasteiger partial charge >= 0.3 is 0 Å². The molecule has 0 spiro atoms. The normalized spacial score (nSPS) is 13.2. The van der Waals surface area contributed by atoms with Crippen molar-refractivity contribution in [3.8, 4) is 0 Å². The fraction of sp³-hybridized carbons (Fsp3) is 0.500. The smallest absolute Gasteiger partial charge is 0.238 e. The minimum Gasteiger partial charge on any atom is -0.322 e. The van der Waals surface area contributed by atoms with Crippen LogP contribution in [0.5, 0.6) is 0 Å². The average molecular weight is 436 g/mol. The lowest BCUT2D eigenvalue weighted by atomic mass is 10.3. The van der Waals surface area contributed by atoms with Crippen LogP contribution in [0.15, 0.2) is 6.07 Å². The lowest BCUT2D eigenvalue weighted by molar-refractivity contribution is -0.117. The molecule has 0 bridgehead atoms. The van der Waals surface area contributed by atoms with Crippen molar-refractivity contribution in [2.24, 2.45) is 0 Å². The summed E-state index contributed by atoms with van der Waals surface area (Å²) in [4.78, 5) is 13.8. The molecule has 1 amide bonds. The third-order valence-electron chi connectivity index (χ3n) is 3.46. The number of sulfone groups is 1. The van der Waals surface area contributed by atoms with Gasteiger partial charge in [0, 0.05) is 11.8 Å². The van der Waals surface area contributed by atoms with Crippen LogP contribution in [0.25, 0.3) is 0 Å². The van der Waals surface area contributed by atoms with Crippen molar-refractivity contribution in [3.63, 3.8) is 0 Å². The van der Waals surface area contributed by atoms with Crippen molar-refractivity contribution in [3.05, 3.63) is 26.2 Å². The Morgan fingerprint density at radius 2 is 1.71 bits per heavy atom. The monoisotopic (exact) mass is 434 g/mol. The number of carbonyl (C=O) groups is 1. The standard InChI is InChI=1S/C14H18Cl4N2O3S/c1-4-24(22,23)7-8(2)20(3)6-11(21)19-14-12(17)9(15)5-10(16)13(14)18/h5,8H,4,6-7H2,1-3H3,(H,19,21). The van der Waals surface area contributed by atoms with Gasteiger partial charge in [-0.25, -0.2) is 8.42 Å². The molecule has 1 aromatic rings. The lowest BCUT2D eigenvalue weighted by Gasteiger charge is -2.24. The maximum atomic E-state index is 12.2. The summed E-state index contributed by atoms with van der Waals surface area (Å²) in [5, 5.41) is 3.06. The van der Waals surface area contributed by atoms with Crippen molar-refractivity contribution in [2.75, 3.05) is 30.4 Å². The van der Waals surface area contributed by atoms with Gasteiger partial charge in [-0.15, -0.1) is 0 Å². The molecule has 5 nitrogen and oxygen atoms in total. The minimum atomic E-state index is -3.13. The molecule has 0 radical (unpaired) electrons. The summed E-state index contributed by atoms with van der Waals surface area (Å²) in [6.45, 7) is 3.27. The van der Waals surface area contributed by atoms with Crippen LogP contribution in [-0.2, 0) is 14.6 Å². The first-order valence-electron chi connectivity index (χ1n) is 7.02. The molecule has 0 aliphatic heterocycles. The molecule has 0 saturated heterocycles. The second kappa shape index (κ2) is 8.92. The highest BCUT2D eigenvalue weighted by molar-refractivity contribution is 7.91. The summed E-state index contributed by atoms with van der Waals surface area (Å²) in [6.07, 6.45) is 0. The van der Waals surface area contributed by atoms with E-state index in [0.29, 0.717) is 0 Å². The number of amides is 1. The fourth-order valence-electron chi connectivity index (χ4n) is 1.86. The molecule has 24 heavy (non-hydrogen) atoms. The van der Waals surface area contributed by atoms with Gasteiger partial charge in [-0.05, 0) is 20.0 Å². The summed E-state index contributed by atoms with van der Waals surface area (Å²) in [5.41, 5.74) is 0.128. The molecule has 1 N–H and O–H groups in total. The van der Waals surface area contributed by atoms with Gasteiger partial charge in [-0.3, -0.25) is 9.69 Å². The first-order chi connectivity index (χ1) is 11.0. The van der Waals surface area contributed by atoms with Gasteiger partial charge in [0.2, 0.25) is 5.91 Å². The number of anilines is 1. The SMILES string of the molecule is CCS(=O)(=O)CC(C)N(C)CC(=O)Nc1c(Cl)c(Cl)cc(Cl)c1Cl. The molecule has 0 heterocycles. The molecule has 136 valence electrons. The van der Waals surface area contributed by atoms with E-state index in [1.54, 1.807) is 25.8 Å². The van der Waals surface area contributed by atoms with E-state index >= 15 is 0 Å². The van der Waals surface area contributed by atoms with E-state index in [1.165, 1.54) is 6.07 Å². The van der Waals surface area contributed by atoms with Crippen LogP contribution in [-0.4, -0.2) is 50.4 Å². The predicted octanol–water partition coefficient (Wildman–Crippen LogP) is 3.99. The number of hydrogen-bond donors (Lipinski definition) is 1. The Bertz CT molecular complexity index is 699. The third-order valence-corrected chi connectivity index (χ3v) is 6.90. The van der Waals surface area contributed by atoms with E-state index < -0.39 is 15.7 Å². The molecule has 0 aliphatic rings. The van der Waals surface area contributed by atoms with Gasteiger partial charge in [-0.1, -0.05) is 53.3 Å².